The molecule has 0 aromatic carbocycles. The van der Waals surface area contributed by atoms with E-state index < -0.39 is 0 Å². The van der Waals surface area contributed by atoms with Gasteiger partial charge in [0.1, 0.15) is 0 Å². The van der Waals surface area contributed by atoms with Gasteiger partial charge in [-0.05, 0) is 71.9 Å². The first-order valence-electron chi connectivity index (χ1n) is 8.26. The summed E-state index contributed by atoms with van der Waals surface area (Å²) >= 11 is 0. The molecule has 19 heavy (non-hydrogen) atoms. The average Bonchev–Trinajstić information content (AvgIpc) is 2.45. The predicted molar refractivity (Wildman–Crippen MR) is 78.4 cm³/mol. The molecule has 1 saturated heterocycles. The Balaban J connectivity index is 1.53. The first kappa shape index (κ1) is 13.8. The molecule has 3 heteroatoms. The van der Waals surface area contributed by atoms with E-state index in [0.29, 0.717) is 5.60 Å². The Hall–Kier alpha value is -0.120. The maximum absolute atomic E-state index is 6.07. The molecule has 1 aliphatic heterocycles. The fourth-order valence-corrected chi connectivity index (χ4v) is 4.34. The highest BCUT2D eigenvalue weighted by Gasteiger charge is 2.44. The van der Waals surface area contributed by atoms with Gasteiger partial charge in [0.2, 0.25) is 0 Å². The molecular formula is C16H30N2O. The molecular weight excluding hydrogens is 236 g/mol. The molecule has 110 valence electrons. The van der Waals surface area contributed by atoms with E-state index in [2.05, 4.69) is 24.3 Å². The minimum absolute atomic E-state index is 0.291. The molecule has 1 unspecified atom stereocenters. The molecule has 0 aromatic heterocycles. The van der Waals surface area contributed by atoms with Crippen molar-refractivity contribution < 1.29 is 4.74 Å². The third-order valence-electron chi connectivity index (χ3n) is 5.99. The molecule has 1 atom stereocenters. The van der Waals surface area contributed by atoms with Crippen molar-refractivity contribution in [2.75, 3.05) is 20.7 Å². The van der Waals surface area contributed by atoms with E-state index in [1.54, 1.807) is 0 Å². The summed E-state index contributed by atoms with van der Waals surface area (Å²) in [6.45, 7) is 0.987. The molecule has 2 saturated carbocycles. The van der Waals surface area contributed by atoms with E-state index in [0.717, 1.165) is 24.7 Å². The fourth-order valence-electron chi connectivity index (χ4n) is 4.34. The number of hydrogen-bond donors (Lipinski definition) is 1. The van der Waals surface area contributed by atoms with Gasteiger partial charge in [-0.1, -0.05) is 0 Å². The first-order chi connectivity index (χ1) is 9.22. The Morgan fingerprint density at radius 2 is 1.79 bits per heavy atom. The van der Waals surface area contributed by atoms with Crippen LogP contribution in [-0.2, 0) is 4.74 Å². The van der Waals surface area contributed by atoms with Crippen molar-refractivity contribution in [2.45, 2.75) is 81.5 Å². The molecule has 1 spiro atoms. The SMILES string of the molecule is CNC1CCC(N(C)C2CCOC3(CCC3)C2)CC1. The lowest BCUT2D eigenvalue weighted by molar-refractivity contribution is -0.150. The summed E-state index contributed by atoms with van der Waals surface area (Å²) in [5.41, 5.74) is 0.291. The highest BCUT2D eigenvalue weighted by Crippen LogP contribution is 2.43. The Bertz CT molecular complexity index is 295. The Labute approximate surface area is 118 Å². The van der Waals surface area contributed by atoms with Gasteiger partial charge in [0.05, 0.1) is 5.60 Å². The summed E-state index contributed by atoms with van der Waals surface area (Å²) in [6, 6.07) is 2.34. The number of rotatable bonds is 3. The molecule has 2 aliphatic carbocycles. The van der Waals surface area contributed by atoms with Crippen molar-refractivity contribution in [3.63, 3.8) is 0 Å². The molecule has 0 aromatic rings. The second-order valence-electron chi connectivity index (χ2n) is 6.99. The standard InChI is InChI=1S/C16H30N2O/c1-17-13-4-6-14(7-5-13)18(2)15-8-11-19-16(12-15)9-3-10-16/h13-15,17H,3-12H2,1-2H3. The van der Waals surface area contributed by atoms with E-state index in [9.17, 15) is 0 Å². The predicted octanol–water partition coefficient (Wildman–Crippen LogP) is 2.55. The second kappa shape index (κ2) is 5.71. The minimum atomic E-state index is 0.291. The van der Waals surface area contributed by atoms with Gasteiger partial charge in [-0.25, -0.2) is 0 Å². The zero-order valence-corrected chi connectivity index (χ0v) is 12.7. The molecule has 3 aliphatic rings. The average molecular weight is 266 g/mol. The summed E-state index contributed by atoms with van der Waals surface area (Å²) in [5.74, 6) is 0. The zero-order chi connectivity index (χ0) is 13.3. The van der Waals surface area contributed by atoms with E-state index in [1.807, 2.05) is 0 Å². The van der Waals surface area contributed by atoms with Crippen LogP contribution in [0.3, 0.4) is 0 Å². The Morgan fingerprint density at radius 3 is 2.37 bits per heavy atom. The van der Waals surface area contributed by atoms with Crippen LogP contribution in [0.2, 0.25) is 0 Å². The van der Waals surface area contributed by atoms with Crippen LogP contribution in [0.25, 0.3) is 0 Å². The number of nitrogens with zero attached hydrogens (tertiary/aromatic N) is 1. The van der Waals surface area contributed by atoms with Crippen molar-refractivity contribution >= 4 is 0 Å². The topological polar surface area (TPSA) is 24.5 Å². The van der Waals surface area contributed by atoms with Gasteiger partial charge in [-0.2, -0.15) is 0 Å². The summed E-state index contributed by atoms with van der Waals surface area (Å²) in [4.78, 5) is 2.70. The van der Waals surface area contributed by atoms with Crippen molar-refractivity contribution in [3.8, 4) is 0 Å². The highest BCUT2D eigenvalue weighted by molar-refractivity contribution is 4.97. The summed E-state index contributed by atoms with van der Waals surface area (Å²) in [5, 5.41) is 3.44. The van der Waals surface area contributed by atoms with Gasteiger partial charge >= 0.3 is 0 Å². The molecule has 3 rings (SSSR count). The van der Waals surface area contributed by atoms with E-state index in [1.165, 1.54) is 57.8 Å². The second-order valence-corrected chi connectivity index (χ2v) is 6.99. The van der Waals surface area contributed by atoms with Gasteiger partial charge in [0.25, 0.3) is 0 Å². The van der Waals surface area contributed by atoms with Crippen molar-refractivity contribution in [3.05, 3.63) is 0 Å². The van der Waals surface area contributed by atoms with E-state index >= 15 is 0 Å². The van der Waals surface area contributed by atoms with Crippen molar-refractivity contribution in [1.82, 2.24) is 10.2 Å². The van der Waals surface area contributed by atoms with Crippen LogP contribution in [0.1, 0.15) is 57.8 Å². The van der Waals surface area contributed by atoms with Crippen LogP contribution in [0.5, 0.6) is 0 Å². The lowest BCUT2D eigenvalue weighted by atomic mass is 9.73. The summed E-state index contributed by atoms with van der Waals surface area (Å²) in [6.07, 6.45) is 12.0. The van der Waals surface area contributed by atoms with Crippen LogP contribution >= 0.6 is 0 Å². The summed E-state index contributed by atoms with van der Waals surface area (Å²) < 4.78 is 6.07. The lowest BCUT2D eigenvalue weighted by Gasteiger charge is -2.50. The smallest absolute Gasteiger partial charge is 0.0697 e. The third-order valence-corrected chi connectivity index (χ3v) is 5.99. The van der Waals surface area contributed by atoms with Crippen LogP contribution < -0.4 is 5.32 Å². The first-order valence-corrected chi connectivity index (χ1v) is 8.26. The van der Waals surface area contributed by atoms with Crippen LogP contribution in [0.15, 0.2) is 0 Å². The van der Waals surface area contributed by atoms with E-state index in [4.69, 9.17) is 4.74 Å². The normalized spacial score (nSPS) is 38.4. The summed E-state index contributed by atoms with van der Waals surface area (Å²) in [7, 11) is 4.47. The number of hydrogen-bond acceptors (Lipinski definition) is 3. The van der Waals surface area contributed by atoms with Crippen LogP contribution in [-0.4, -0.2) is 49.3 Å². The Morgan fingerprint density at radius 1 is 1.05 bits per heavy atom. The maximum atomic E-state index is 6.07. The molecule has 3 nitrogen and oxygen atoms in total. The molecule has 1 N–H and O–H groups in total. The highest BCUT2D eigenvalue weighted by atomic mass is 16.5. The monoisotopic (exact) mass is 266 g/mol. The third kappa shape index (κ3) is 2.84. The largest absolute Gasteiger partial charge is 0.375 e. The van der Waals surface area contributed by atoms with Gasteiger partial charge in [-0.3, -0.25) is 0 Å². The number of ether oxygens (including phenoxy) is 1. The molecule has 0 bridgehead atoms. The Kier molecular flexibility index (Phi) is 4.16. The fraction of sp³-hybridized carbons (Fsp3) is 1.00. The van der Waals surface area contributed by atoms with Gasteiger partial charge in [0, 0.05) is 24.7 Å². The van der Waals surface area contributed by atoms with Crippen molar-refractivity contribution in [1.29, 1.82) is 0 Å². The minimum Gasteiger partial charge on any atom is -0.375 e. The van der Waals surface area contributed by atoms with Gasteiger partial charge in [0.15, 0.2) is 0 Å². The van der Waals surface area contributed by atoms with Gasteiger partial charge in [-0.15, -0.1) is 0 Å². The number of nitrogens with one attached hydrogen (secondary N) is 1. The lowest BCUT2D eigenvalue weighted by Crippen LogP contribution is -2.54. The quantitative estimate of drug-likeness (QED) is 0.849. The molecule has 3 fully saturated rings. The molecule has 0 radical (unpaired) electrons. The molecule has 0 amide bonds. The van der Waals surface area contributed by atoms with Crippen molar-refractivity contribution in [2.24, 2.45) is 0 Å². The van der Waals surface area contributed by atoms with Crippen LogP contribution in [0.4, 0.5) is 0 Å². The molecule has 1 heterocycles. The van der Waals surface area contributed by atoms with Gasteiger partial charge < -0.3 is 15.0 Å². The zero-order valence-electron chi connectivity index (χ0n) is 12.7. The van der Waals surface area contributed by atoms with Crippen LogP contribution in [0, 0.1) is 0 Å². The van der Waals surface area contributed by atoms with E-state index in [-0.39, 0.29) is 0 Å². The maximum Gasteiger partial charge on any atom is 0.0697 e.